The molecule has 0 aromatic heterocycles. The Balaban J connectivity index is 2.68. The van der Waals surface area contributed by atoms with Crippen molar-refractivity contribution in [2.45, 2.75) is 42.4 Å². The molecule has 1 aliphatic carbocycles. The first-order chi connectivity index (χ1) is 12.1. The van der Waals surface area contributed by atoms with Crippen LogP contribution < -0.4 is 0 Å². The van der Waals surface area contributed by atoms with Crippen LogP contribution in [0.25, 0.3) is 0 Å². The van der Waals surface area contributed by atoms with E-state index in [1.807, 2.05) is 0 Å². The number of alkyl halides is 6. The molecule has 0 saturated carbocycles. The lowest BCUT2D eigenvalue weighted by atomic mass is 9.63. The van der Waals surface area contributed by atoms with Crippen LogP contribution in [0.2, 0.25) is 0 Å². The fraction of sp³-hybridized carbons (Fsp3) is 0.412. The van der Waals surface area contributed by atoms with Crippen molar-refractivity contribution < 1.29 is 35.9 Å². The zero-order valence-electron chi connectivity index (χ0n) is 13.8. The van der Waals surface area contributed by atoms with E-state index in [1.165, 1.54) is 0 Å². The number of benzene rings is 1. The Morgan fingerprint density at radius 3 is 1.74 bits per heavy atom. The second-order valence-corrected chi connectivity index (χ2v) is 7.34. The van der Waals surface area contributed by atoms with Gasteiger partial charge in [-0.25, -0.2) is 8.78 Å². The van der Waals surface area contributed by atoms with E-state index in [2.05, 4.69) is 0 Å². The van der Waals surface area contributed by atoms with Crippen molar-refractivity contribution in [1.29, 1.82) is 0 Å². The Hall–Kier alpha value is -1.54. The van der Waals surface area contributed by atoms with Gasteiger partial charge >= 0.3 is 11.8 Å². The van der Waals surface area contributed by atoms with Crippen molar-refractivity contribution in [2.75, 3.05) is 0 Å². The van der Waals surface area contributed by atoms with Crippen LogP contribution in [0, 0.1) is 0 Å². The zero-order chi connectivity index (χ0) is 21.1. The smallest absolute Gasteiger partial charge is 0.277 e. The average molecular weight is 433 g/mol. The molecule has 0 saturated heterocycles. The third kappa shape index (κ3) is 2.71. The van der Waals surface area contributed by atoms with Gasteiger partial charge in [0.05, 0.1) is 0 Å². The molecule has 2 unspecified atom stereocenters. The van der Waals surface area contributed by atoms with E-state index in [1.54, 1.807) is 0 Å². The Labute approximate surface area is 160 Å². The van der Waals surface area contributed by atoms with Crippen LogP contribution in [0.1, 0.15) is 29.8 Å². The maximum atomic E-state index is 15.4. The third-order valence-electron chi connectivity index (χ3n) is 4.88. The molecule has 10 heteroatoms. The zero-order valence-corrected chi connectivity index (χ0v) is 15.3. The highest BCUT2D eigenvalue weighted by atomic mass is 35.5. The van der Waals surface area contributed by atoms with Crippen molar-refractivity contribution in [3.8, 4) is 0 Å². The van der Waals surface area contributed by atoms with Gasteiger partial charge in [-0.05, 0) is 53.1 Å². The number of hydrogen-bond donors (Lipinski definition) is 0. The SMILES string of the molecule is CC(C)(c1ccc(C(=O)Cl)cc1)C1(F)C=CC(F)(C(=O)Cl)C(F)(F)C1(F)F. The Morgan fingerprint density at radius 1 is 0.852 bits per heavy atom. The summed E-state index contributed by atoms with van der Waals surface area (Å²) in [7, 11) is 0. The lowest BCUT2D eigenvalue weighted by Gasteiger charge is -2.50. The normalized spacial score (nSPS) is 29.4. The monoisotopic (exact) mass is 432 g/mol. The second kappa shape index (κ2) is 6.24. The second-order valence-electron chi connectivity index (χ2n) is 6.66. The van der Waals surface area contributed by atoms with Crippen molar-refractivity contribution in [1.82, 2.24) is 0 Å². The topological polar surface area (TPSA) is 34.1 Å². The quantitative estimate of drug-likeness (QED) is 0.364. The molecule has 0 aliphatic heterocycles. The van der Waals surface area contributed by atoms with Crippen LogP contribution in [0.15, 0.2) is 36.4 Å². The van der Waals surface area contributed by atoms with Crippen LogP contribution >= 0.6 is 23.2 Å². The molecule has 1 aromatic rings. The van der Waals surface area contributed by atoms with E-state index in [9.17, 15) is 31.5 Å². The van der Waals surface area contributed by atoms with Gasteiger partial charge in [0.15, 0.2) is 0 Å². The van der Waals surface area contributed by atoms with Crippen molar-refractivity contribution in [3.63, 3.8) is 0 Å². The molecule has 1 aliphatic rings. The molecular formula is C17H12Cl2F6O2. The fourth-order valence-electron chi connectivity index (χ4n) is 2.91. The van der Waals surface area contributed by atoms with Gasteiger partial charge in [-0.1, -0.05) is 26.0 Å². The molecule has 0 fully saturated rings. The summed E-state index contributed by atoms with van der Waals surface area (Å²) in [6, 6.07) is 4.31. The van der Waals surface area contributed by atoms with Gasteiger partial charge in [0, 0.05) is 11.0 Å². The molecule has 2 nitrogen and oxygen atoms in total. The molecule has 148 valence electrons. The maximum Gasteiger partial charge on any atom is 0.359 e. The van der Waals surface area contributed by atoms with Crippen LogP contribution in [0.4, 0.5) is 26.3 Å². The van der Waals surface area contributed by atoms with Crippen molar-refractivity contribution in [3.05, 3.63) is 47.5 Å². The maximum absolute atomic E-state index is 15.4. The summed E-state index contributed by atoms with van der Waals surface area (Å²) in [5.41, 5.74) is -11.2. The molecule has 0 heterocycles. The molecule has 0 N–H and O–H groups in total. The van der Waals surface area contributed by atoms with E-state index in [4.69, 9.17) is 23.2 Å². The Morgan fingerprint density at radius 2 is 1.33 bits per heavy atom. The van der Waals surface area contributed by atoms with Gasteiger partial charge in [-0.3, -0.25) is 9.59 Å². The van der Waals surface area contributed by atoms with Crippen LogP contribution in [0.3, 0.4) is 0 Å². The number of carbonyl (C=O) groups is 2. The first kappa shape index (κ1) is 21.8. The molecule has 0 bridgehead atoms. The summed E-state index contributed by atoms with van der Waals surface area (Å²) in [5.74, 6) is -11.4. The number of carbonyl (C=O) groups excluding carboxylic acids is 2. The highest BCUT2D eigenvalue weighted by Crippen LogP contribution is 2.61. The van der Waals surface area contributed by atoms with Gasteiger partial charge < -0.3 is 0 Å². The average Bonchev–Trinajstić information content (AvgIpc) is 2.57. The highest BCUT2D eigenvalue weighted by molar-refractivity contribution is 6.67. The number of hydrogen-bond acceptors (Lipinski definition) is 2. The molecule has 27 heavy (non-hydrogen) atoms. The van der Waals surface area contributed by atoms with E-state index in [0.29, 0.717) is 0 Å². The minimum atomic E-state index is -5.76. The fourth-order valence-corrected chi connectivity index (χ4v) is 3.22. The lowest BCUT2D eigenvalue weighted by Crippen LogP contribution is -2.72. The predicted molar refractivity (Wildman–Crippen MR) is 87.2 cm³/mol. The molecule has 2 atom stereocenters. The van der Waals surface area contributed by atoms with Gasteiger partial charge in [0.1, 0.15) is 0 Å². The molecule has 1 aromatic carbocycles. The van der Waals surface area contributed by atoms with E-state index < -0.39 is 39.1 Å². The van der Waals surface area contributed by atoms with Gasteiger partial charge in [0.25, 0.3) is 16.2 Å². The highest BCUT2D eigenvalue weighted by Gasteiger charge is 2.83. The van der Waals surface area contributed by atoms with Crippen molar-refractivity contribution >= 4 is 33.7 Å². The minimum Gasteiger partial charge on any atom is -0.277 e. The van der Waals surface area contributed by atoms with E-state index >= 15 is 4.39 Å². The molecule has 0 amide bonds. The van der Waals surface area contributed by atoms with Crippen LogP contribution in [-0.4, -0.2) is 33.7 Å². The van der Waals surface area contributed by atoms with Crippen molar-refractivity contribution in [2.24, 2.45) is 0 Å². The summed E-state index contributed by atoms with van der Waals surface area (Å²) in [6.07, 6.45) is -0.385. The van der Waals surface area contributed by atoms with Gasteiger partial charge in [-0.15, -0.1) is 0 Å². The molecule has 0 spiro atoms. The first-order valence-corrected chi connectivity index (χ1v) is 8.16. The predicted octanol–water partition coefficient (Wildman–Crippen LogP) is 5.37. The van der Waals surface area contributed by atoms with Crippen LogP contribution in [-0.2, 0) is 10.2 Å². The van der Waals surface area contributed by atoms with Crippen LogP contribution in [0.5, 0.6) is 0 Å². The number of halogens is 8. The summed E-state index contributed by atoms with van der Waals surface area (Å²) in [5, 5.41) is -3.26. The largest absolute Gasteiger partial charge is 0.359 e. The van der Waals surface area contributed by atoms with Gasteiger partial charge in [0.2, 0.25) is 5.67 Å². The minimum absolute atomic E-state index is 0.0316. The Kier molecular flexibility index (Phi) is 5.03. The molecular weight excluding hydrogens is 421 g/mol. The lowest BCUT2D eigenvalue weighted by molar-refractivity contribution is -0.307. The Bertz CT molecular complexity index is 821. The van der Waals surface area contributed by atoms with Gasteiger partial charge in [-0.2, -0.15) is 17.6 Å². The summed E-state index contributed by atoms with van der Waals surface area (Å²) >= 11 is 10.00. The number of rotatable bonds is 4. The van der Waals surface area contributed by atoms with E-state index in [0.717, 1.165) is 38.1 Å². The summed E-state index contributed by atoms with van der Waals surface area (Å²) in [6.45, 7) is 1.79. The first-order valence-electron chi connectivity index (χ1n) is 7.40. The standard InChI is InChI=1S/C17H12Cl2F6O2/c1-13(2,10-5-3-9(4-6-10)11(18)26)15(21)8-7-14(20,12(19)27)16(22,23)17(15,24)25/h3-8H,1-2H3. The molecule has 2 rings (SSSR count). The summed E-state index contributed by atoms with van der Waals surface area (Å²) < 4.78 is 87.2. The number of allylic oxidation sites excluding steroid dienone is 2. The van der Waals surface area contributed by atoms with E-state index in [-0.39, 0.29) is 23.3 Å². The summed E-state index contributed by atoms with van der Waals surface area (Å²) in [4.78, 5) is 22.1. The molecule has 0 radical (unpaired) electrons. The third-order valence-corrected chi connectivity index (χ3v) is 5.37.